The quantitative estimate of drug-likeness (QED) is 0.176. The van der Waals surface area contributed by atoms with E-state index in [0.29, 0.717) is 35.1 Å². The Bertz CT molecular complexity index is 1670. The normalized spacial score (nSPS) is 11.5. The number of carboxylic acid groups (broad SMARTS) is 1. The number of aromatic nitrogens is 2. The molecule has 0 aliphatic carbocycles. The number of alkyl halides is 3. The third-order valence-corrected chi connectivity index (χ3v) is 8.51. The van der Waals surface area contributed by atoms with Crippen molar-refractivity contribution in [1.82, 2.24) is 15.1 Å². The van der Waals surface area contributed by atoms with E-state index in [1.807, 2.05) is 36.4 Å². The summed E-state index contributed by atoms with van der Waals surface area (Å²) in [5, 5.41) is 15.5. The minimum Gasteiger partial charge on any atom is -0.496 e. The number of hydrogen-bond acceptors (Lipinski definition) is 8. The average Bonchev–Trinajstić information content (AvgIpc) is 3.50. The number of nitrogens with two attached hydrogens (primary N) is 1. The van der Waals surface area contributed by atoms with Gasteiger partial charge in [-0.15, -0.1) is 11.3 Å². The summed E-state index contributed by atoms with van der Waals surface area (Å²) in [5.74, 6) is -2.43. The molecular weight excluding hydrogens is 623 g/mol. The Morgan fingerprint density at radius 3 is 2.40 bits per heavy atom. The molecular formula is C25H25ClF3N5O6S2. The van der Waals surface area contributed by atoms with Crippen molar-refractivity contribution in [2.45, 2.75) is 29.9 Å². The third kappa shape index (κ3) is 8.82. The van der Waals surface area contributed by atoms with Crippen LogP contribution in [0.2, 0.25) is 4.34 Å². The zero-order chi connectivity index (χ0) is 31.1. The van der Waals surface area contributed by atoms with Gasteiger partial charge in [0.1, 0.15) is 9.96 Å². The molecule has 2 aromatic carbocycles. The topological polar surface area (TPSA) is 166 Å². The molecule has 4 rings (SSSR count). The Balaban J connectivity index is 0.000000616. The second kappa shape index (κ2) is 13.9. The molecule has 1 amide bonds. The summed E-state index contributed by atoms with van der Waals surface area (Å²) in [7, 11) is -2.36. The van der Waals surface area contributed by atoms with Crippen LogP contribution >= 0.6 is 22.9 Å². The van der Waals surface area contributed by atoms with Gasteiger partial charge in [-0.3, -0.25) is 14.2 Å². The molecule has 0 aliphatic rings. The molecule has 2 aromatic heterocycles. The molecule has 0 unspecified atom stereocenters. The lowest BCUT2D eigenvalue weighted by molar-refractivity contribution is -0.192. The average molecular weight is 648 g/mol. The lowest BCUT2D eigenvalue weighted by Crippen LogP contribution is -2.21. The molecule has 0 radical (unpaired) electrons. The minimum absolute atomic E-state index is 0.0941. The predicted molar refractivity (Wildman–Crippen MR) is 151 cm³/mol. The number of rotatable bonds is 11. The highest BCUT2D eigenvalue weighted by Gasteiger charge is 2.38. The smallest absolute Gasteiger partial charge is 0.490 e. The summed E-state index contributed by atoms with van der Waals surface area (Å²) in [6.45, 7) is 1.50. The number of nitrogens with one attached hydrogen (secondary N) is 2. The zero-order valence-corrected chi connectivity index (χ0v) is 24.2. The van der Waals surface area contributed by atoms with Crippen molar-refractivity contribution >= 4 is 61.6 Å². The number of aliphatic carboxylic acids is 1. The van der Waals surface area contributed by atoms with Crippen molar-refractivity contribution in [3.05, 3.63) is 70.1 Å². The van der Waals surface area contributed by atoms with Gasteiger partial charge in [-0.1, -0.05) is 41.9 Å². The maximum absolute atomic E-state index is 13.0. The van der Waals surface area contributed by atoms with Gasteiger partial charge in [0.2, 0.25) is 5.91 Å². The van der Waals surface area contributed by atoms with Gasteiger partial charge in [0, 0.05) is 19.5 Å². The number of hydrogen-bond donors (Lipinski definition) is 4. The lowest BCUT2D eigenvalue weighted by Gasteiger charge is -2.08. The van der Waals surface area contributed by atoms with E-state index in [4.69, 9.17) is 32.0 Å². The molecule has 2 heterocycles. The molecule has 11 nitrogen and oxygen atoms in total. The first-order valence-electron chi connectivity index (χ1n) is 11.9. The van der Waals surface area contributed by atoms with Crippen LogP contribution in [-0.4, -0.2) is 55.0 Å². The van der Waals surface area contributed by atoms with E-state index in [0.717, 1.165) is 28.0 Å². The second-order valence-electron chi connectivity index (χ2n) is 8.54. The molecule has 5 N–H and O–H groups in total. The SMILES string of the molecule is COc1cccc2c1c(NS(=O)(=O)c1ccc(Cl)s1)nn2Cc1cccc(CNCCC(N)=O)c1.O=C(O)C(F)(F)F. The Kier molecular flexibility index (Phi) is 10.8. The summed E-state index contributed by atoms with van der Waals surface area (Å²) in [6.07, 6.45) is -4.81. The van der Waals surface area contributed by atoms with Crippen LogP contribution in [0.25, 0.3) is 10.9 Å². The molecule has 0 spiro atoms. The fourth-order valence-electron chi connectivity index (χ4n) is 3.63. The van der Waals surface area contributed by atoms with Crippen molar-refractivity contribution in [3.63, 3.8) is 0 Å². The summed E-state index contributed by atoms with van der Waals surface area (Å²) < 4.78 is 67.9. The van der Waals surface area contributed by atoms with E-state index >= 15 is 0 Å². The van der Waals surface area contributed by atoms with Gasteiger partial charge in [0.25, 0.3) is 10.0 Å². The Labute approximate surface area is 247 Å². The fourth-order valence-corrected chi connectivity index (χ4v) is 6.13. The fraction of sp³-hybridized carbons (Fsp3) is 0.240. The van der Waals surface area contributed by atoms with Gasteiger partial charge < -0.3 is 20.9 Å². The lowest BCUT2D eigenvalue weighted by atomic mass is 10.1. The number of carbonyl (C=O) groups excluding carboxylic acids is 1. The monoisotopic (exact) mass is 647 g/mol. The highest BCUT2D eigenvalue weighted by atomic mass is 35.5. The first kappa shape index (κ1) is 32.7. The molecule has 0 aliphatic heterocycles. The standard InChI is InChI=1S/C23H24ClN5O4S2.C2HF3O2/c1-33-18-7-3-6-17-22(18)23(28-35(31,32)21-9-8-19(24)34-21)27-29(17)14-16-5-2-4-15(12-16)13-26-11-10-20(25)30;3-2(4,5)1(6)7/h2-9,12,26H,10-11,13-14H2,1H3,(H2,25,30)(H,27,28);(H,6,7). The van der Waals surface area contributed by atoms with E-state index in [9.17, 15) is 26.4 Å². The molecule has 226 valence electrons. The molecule has 0 saturated carbocycles. The molecule has 0 fully saturated rings. The molecule has 0 saturated heterocycles. The number of amides is 1. The van der Waals surface area contributed by atoms with E-state index in [-0.39, 0.29) is 22.4 Å². The highest BCUT2D eigenvalue weighted by Crippen LogP contribution is 2.35. The van der Waals surface area contributed by atoms with Gasteiger partial charge in [0.15, 0.2) is 5.82 Å². The number of halogens is 4. The van der Waals surface area contributed by atoms with Gasteiger partial charge in [-0.25, -0.2) is 13.2 Å². The number of thiophene rings is 1. The van der Waals surface area contributed by atoms with Crippen LogP contribution in [0.5, 0.6) is 5.75 Å². The van der Waals surface area contributed by atoms with Gasteiger partial charge in [-0.2, -0.15) is 18.3 Å². The molecule has 4 aromatic rings. The van der Waals surface area contributed by atoms with Crippen LogP contribution in [0.3, 0.4) is 0 Å². The van der Waals surface area contributed by atoms with Crippen LogP contribution in [0.15, 0.2) is 58.8 Å². The maximum Gasteiger partial charge on any atom is 0.490 e. The summed E-state index contributed by atoms with van der Waals surface area (Å²) in [5.41, 5.74) is 7.91. The van der Waals surface area contributed by atoms with Crippen molar-refractivity contribution in [2.24, 2.45) is 5.73 Å². The number of nitrogens with zero attached hydrogens (tertiary/aromatic N) is 2. The first-order valence-corrected chi connectivity index (χ1v) is 14.6. The number of ether oxygens (including phenoxy) is 1. The van der Waals surface area contributed by atoms with Crippen LogP contribution in [-0.2, 0) is 32.7 Å². The number of primary amides is 1. The summed E-state index contributed by atoms with van der Waals surface area (Å²) in [4.78, 5) is 19.8. The van der Waals surface area contributed by atoms with E-state index in [1.165, 1.54) is 19.2 Å². The van der Waals surface area contributed by atoms with Crippen LogP contribution in [0.4, 0.5) is 19.0 Å². The first-order chi connectivity index (χ1) is 19.7. The molecule has 42 heavy (non-hydrogen) atoms. The summed E-state index contributed by atoms with van der Waals surface area (Å²) in [6, 6.07) is 16.4. The zero-order valence-electron chi connectivity index (χ0n) is 21.8. The molecule has 0 bridgehead atoms. The highest BCUT2D eigenvalue weighted by molar-refractivity contribution is 7.94. The summed E-state index contributed by atoms with van der Waals surface area (Å²) >= 11 is 6.90. The number of methoxy groups -OCH3 is 1. The van der Waals surface area contributed by atoms with Crippen LogP contribution in [0.1, 0.15) is 17.5 Å². The van der Waals surface area contributed by atoms with Crippen molar-refractivity contribution in [3.8, 4) is 5.75 Å². The predicted octanol–water partition coefficient (Wildman–Crippen LogP) is 4.21. The van der Waals surface area contributed by atoms with Crippen LogP contribution in [0, 0.1) is 0 Å². The van der Waals surface area contributed by atoms with Crippen molar-refractivity contribution in [1.29, 1.82) is 0 Å². The van der Waals surface area contributed by atoms with E-state index < -0.39 is 22.2 Å². The second-order valence-corrected chi connectivity index (χ2v) is 12.2. The van der Waals surface area contributed by atoms with E-state index in [1.54, 1.807) is 10.7 Å². The maximum atomic E-state index is 13.0. The number of benzene rings is 2. The Morgan fingerprint density at radius 1 is 1.14 bits per heavy atom. The number of carboxylic acids is 1. The number of anilines is 1. The van der Waals surface area contributed by atoms with Crippen LogP contribution < -0.4 is 20.5 Å². The van der Waals surface area contributed by atoms with E-state index in [2.05, 4.69) is 15.1 Å². The molecule has 0 atom stereocenters. The van der Waals surface area contributed by atoms with Gasteiger partial charge in [0.05, 0.1) is 28.9 Å². The third-order valence-electron chi connectivity index (χ3n) is 5.45. The number of carbonyl (C=O) groups is 2. The van der Waals surface area contributed by atoms with Gasteiger partial charge in [-0.05, 0) is 35.4 Å². The largest absolute Gasteiger partial charge is 0.496 e. The van der Waals surface area contributed by atoms with Crippen molar-refractivity contribution < 1.29 is 41.0 Å². The minimum atomic E-state index is -5.08. The number of sulfonamides is 1. The Hall–Kier alpha value is -3.86. The van der Waals surface area contributed by atoms with Crippen molar-refractivity contribution in [2.75, 3.05) is 18.4 Å². The number of fused-ring (bicyclic) bond motifs is 1. The molecule has 17 heteroatoms. The Morgan fingerprint density at radius 2 is 1.81 bits per heavy atom. The van der Waals surface area contributed by atoms with Gasteiger partial charge >= 0.3 is 12.1 Å².